The van der Waals surface area contributed by atoms with Crippen molar-refractivity contribution in [3.05, 3.63) is 30.1 Å². The molecule has 4 nitrogen and oxygen atoms in total. The van der Waals surface area contributed by atoms with Crippen LogP contribution in [0.4, 0.5) is 0 Å². The number of aromatic nitrogens is 2. The quantitative estimate of drug-likeness (QED) is 0.715. The summed E-state index contributed by atoms with van der Waals surface area (Å²) in [6.45, 7) is 2.58. The number of hydrogen-bond acceptors (Lipinski definition) is 3. The lowest BCUT2D eigenvalue weighted by atomic mass is 10.4. The molecule has 0 aliphatic heterocycles. The van der Waals surface area contributed by atoms with Gasteiger partial charge < -0.3 is 4.74 Å². The van der Waals surface area contributed by atoms with Crippen molar-refractivity contribution in [2.45, 2.75) is 13.3 Å². The van der Waals surface area contributed by atoms with E-state index in [-0.39, 0.29) is 0 Å². The zero-order chi connectivity index (χ0) is 10.7. The van der Waals surface area contributed by atoms with Crippen molar-refractivity contribution in [3.63, 3.8) is 0 Å². The van der Waals surface area contributed by atoms with Crippen molar-refractivity contribution in [2.75, 3.05) is 6.61 Å². The van der Waals surface area contributed by atoms with E-state index in [1.54, 1.807) is 10.6 Å². The zero-order valence-corrected chi connectivity index (χ0v) is 8.51. The molecule has 0 radical (unpaired) electrons. The molecule has 0 atom stereocenters. The fraction of sp³-hybridized carbons (Fsp3) is 0.273. The van der Waals surface area contributed by atoms with Crippen molar-refractivity contribution in [3.8, 4) is 5.88 Å². The van der Waals surface area contributed by atoms with Crippen molar-refractivity contribution in [2.24, 2.45) is 0 Å². The SMILES string of the molecule is CCCOc1nc2ccccn2c1C=O. The molecule has 2 rings (SSSR count). The Labute approximate surface area is 87.5 Å². The van der Waals surface area contributed by atoms with Crippen LogP contribution in [-0.4, -0.2) is 22.3 Å². The Hall–Kier alpha value is -1.84. The summed E-state index contributed by atoms with van der Waals surface area (Å²) in [5.41, 5.74) is 1.20. The highest BCUT2D eigenvalue weighted by molar-refractivity contribution is 5.78. The number of pyridine rings is 1. The van der Waals surface area contributed by atoms with Crippen LogP contribution in [0, 0.1) is 0 Å². The third-order valence-corrected chi connectivity index (χ3v) is 2.09. The molecular formula is C11H12N2O2. The molecule has 0 fully saturated rings. The molecule has 4 heteroatoms. The van der Waals surface area contributed by atoms with Crippen LogP contribution in [-0.2, 0) is 0 Å². The van der Waals surface area contributed by atoms with E-state index in [2.05, 4.69) is 4.98 Å². The van der Waals surface area contributed by atoms with E-state index in [0.717, 1.165) is 18.4 Å². The van der Waals surface area contributed by atoms with Gasteiger partial charge in [-0.3, -0.25) is 9.20 Å². The van der Waals surface area contributed by atoms with Crippen LogP contribution in [0.3, 0.4) is 0 Å². The van der Waals surface area contributed by atoms with E-state index in [0.29, 0.717) is 18.2 Å². The lowest BCUT2D eigenvalue weighted by molar-refractivity contribution is 0.111. The van der Waals surface area contributed by atoms with Crippen molar-refractivity contribution >= 4 is 11.9 Å². The first kappa shape index (κ1) is 9.71. The smallest absolute Gasteiger partial charge is 0.243 e. The van der Waals surface area contributed by atoms with E-state index >= 15 is 0 Å². The minimum Gasteiger partial charge on any atom is -0.476 e. The van der Waals surface area contributed by atoms with Crippen molar-refractivity contribution in [1.29, 1.82) is 0 Å². The van der Waals surface area contributed by atoms with Crippen LogP contribution in [0.2, 0.25) is 0 Å². The zero-order valence-electron chi connectivity index (χ0n) is 8.51. The van der Waals surface area contributed by atoms with Gasteiger partial charge in [0, 0.05) is 6.20 Å². The van der Waals surface area contributed by atoms with Gasteiger partial charge in [-0.1, -0.05) is 13.0 Å². The number of carbonyl (C=O) groups excluding carboxylic acids is 1. The largest absolute Gasteiger partial charge is 0.476 e. The average Bonchev–Trinajstić information content (AvgIpc) is 2.63. The second kappa shape index (κ2) is 4.13. The summed E-state index contributed by atoms with van der Waals surface area (Å²) in [5.74, 6) is 0.415. The van der Waals surface area contributed by atoms with Gasteiger partial charge in [0.2, 0.25) is 5.88 Å². The lowest BCUT2D eigenvalue weighted by Gasteiger charge is -1.99. The van der Waals surface area contributed by atoms with E-state index in [9.17, 15) is 4.79 Å². The number of ether oxygens (including phenoxy) is 1. The molecule has 0 saturated heterocycles. The number of fused-ring (bicyclic) bond motifs is 1. The molecule has 0 saturated carbocycles. The van der Waals surface area contributed by atoms with Crippen LogP contribution in [0.1, 0.15) is 23.8 Å². The van der Waals surface area contributed by atoms with Gasteiger partial charge >= 0.3 is 0 Å². The van der Waals surface area contributed by atoms with Gasteiger partial charge in [-0.2, -0.15) is 4.98 Å². The monoisotopic (exact) mass is 204 g/mol. The number of hydrogen-bond donors (Lipinski definition) is 0. The lowest BCUT2D eigenvalue weighted by Crippen LogP contribution is -1.98. The van der Waals surface area contributed by atoms with E-state index < -0.39 is 0 Å². The van der Waals surface area contributed by atoms with Crippen molar-refractivity contribution < 1.29 is 9.53 Å². The maximum atomic E-state index is 10.9. The van der Waals surface area contributed by atoms with Gasteiger partial charge in [0.25, 0.3) is 0 Å². The highest BCUT2D eigenvalue weighted by atomic mass is 16.5. The first-order valence-electron chi connectivity index (χ1n) is 4.92. The van der Waals surface area contributed by atoms with Crippen LogP contribution >= 0.6 is 0 Å². The second-order valence-corrected chi connectivity index (χ2v) is 3.20. The van der Waals surface area contributed by atoms with Gasteiger partial charge in [-0.05, 0) is 18.6 Å². The number of aldehydes is 1. The van der Waals surface area contributed by atoms with Gasteiger partial charge in [0.15, 0.2) is 6.29 Å². The summed E-state index contributed by atoms with van der Waals surface area (Å²) in [6.07, 6.45) is 3.46. The molecule has 0 aromatic carbocycles. The number of nitrogens with zero attached hydrogens (tertiary/aromatic N) is 2. The molecule has 0 aliphatic rings. The predicted molar refractivity (Wildman–Crippen MR) is 56.4 cm³/mol. The Balaban J connectivity index is 2.49. The molecule has 0 N–H and O–H groups in total. The molecule has 2 aromatic heterocycles. The summed E-state index contributed by atoms with van der Waals surface area (Å²) in [6, 6.07) is 5.57. The fourth-order valence-electron chi connectivity index (χ4n) is 1.41. The number of rotatable bonds is 4. The number of imidazole rings is 1. The molecule has 0 aliphatic carbocycles. The fourth-order valence-corrected chi connectivity index (χ4v) is 1.41. The maximum Gasteiger partial charge on any atom is 0.243 e. The highest BCUT2D eigenvalue weighted by Gasteiger charge is 2.11. The molecule has 0 amide bonds. The minimum atomic E-state index is 0.415. The van der Waals surface area contributed by atoms with E-state index in [1.807, 2.05) is 25.1 Å². The Morgan fingerprint density at radius 3 is 3.13 bits per heavy atom. The van der Waals surface area contributed by atoms with Crippen molar-refractivity contribution in [1.82, 2.24) is 9.38 Å². The van der Waals surface area contributed by atoms with E-state index in [1.165, 1.54) is 0 Å². The minimum absolute atomic E-state index is 0.415. The molecule has 15 heavy (non-hydrogen) atoms. The molecule has 2 heterocycles. The third-order valence-electron chi connectivity index (χ3n) is 2.09. The Kier molecular flexibility index (Phi) is 2.67. The number of carbonyl (C=O) groups is 1. The normalized spacial score (nSPS) is 10.5. The Morgan fingerprint density at radius 1 is 1.53 bits per heavy atom. The maximum absolute atomic E-state index is 10.9. The first-order valence-corrected chi connectivity index (χ1v) is 4.92. The summed E-state index contributed by atoms with van der Waals surface area (Å²) >= 11 is 0. The van der Waals surface area contributed by atoms with E-state index in [4.69, 9.17) is 4.74 Å². The third kappa shape index (κ3) is 1.70. The van der Waals surface area contributed by atoms with Crippen LogP contribution in [0.5, 0.6) is 5.88 Å². The summed E-state index contributed by atoms with van der Waals surface area (Å²) < 4.78 is 7.12. The second-order valence-electron chi connectivity index (χ2n) is 3.20. The molecular weight excluding hydrogens is 192 g/mol. The summed E-state index contributed by atoms with van der Waals surface area (Å²) in [4.78, 5) is 15.2. The van der Waals surface area contributed by atoms with Gasteiger partial charge in [0.1, 0.15) is 11.3 Å². The molecule has 78 valence electrons. The van der Waals surface area contributed by atoms with Gasteiger partial charge in [-0.15, -0.1) is 0 Å². The van der Waals surface area contributed by atoms with Crippen LogP contribution in [0.25, 0.3) is 5.65 Å². The molecule has 2 aromatic rings. The Bertz CT molecular complexity index is 476. The molecule has 0 bridgehead atoms. The summed E-state index contributed by atoms with van der Waals surface area (Å²) in [7, 11) is 0. The average molecular weight is 204 g/mol. The standard InChI is InChI=1S/C11H12N2O2/c1-2-7-15-11-9(8-14)13-6-4-3-5-10(13)12-11/h3-6,8H,2,7H2,1H3. The topological polar surface area (TPSA) is 43.6 Å². The summed E-state index contributed by atoms with van der Waals surface area (Å²) in [5, 5.41) is 0. The molecule has 0 spiro atoms. The molecule has 0 unspecified atom stereocenters. The predicted octanol–water partition coefficient (Wildman–Crippen LogP) is 1.94. The Morgan fingerprint density at radius 2 is 2.40 bits per heavy atom. The highest BCUT2D eigenvalue weighted by Crippen LogP contribution is 2.17. The first-order chi connectivity index (χ1) is 7.36. The van der Waals surface area contributed by atoms with Gasteiger partial charge in [-0.25, -0.2) is 0 Å². The van der Waals surface area contributed by atoms with Crippen LogP contribution < -0.4 is 4.74 Å². The van der Waals surface area contributed by atoms with Gasteiger partial charge in [0.05, 0.1) is 6.61 Å². The van der Waals surface area contributed by atoms with Crippen LogP contribution in [0.15, 0.2) is 24.4 Å².